The minimum absolute atomic E-state index is 0.0578. The van der Waals surface area contributed by atoms with Gasteiger partial charge in [-0.15, -0.1) is 11.8 Å². The van der Waals surface area contributed by atoms with Crippen LogP contribution in [0.3, 0.4) is 0 Å². The molecule has 132 valence electrons. The van der Waals surface area contributed by atoms with E-state index < -0.39 is 6.04 Å². The van der Waals surface area contributed by atoms with E-state index in [1.807, 2.05) is 37.4 Å². The molecule has 1 unspecified atom stereocenters. The average molecular weight is 358 g/mol. The van der Waals surface area contributed by atoms with Crippen LogP contribution in [0.15, 0.2) is 47.4 Å². The number of esters is 1. The van der Waals surface area contributed by atoms with Crippen molar-refractivity contribution < 1.29 is 14.3 Å². The van der Waals surface area contributed by atoms with Crippen molar-refractivity contribution in [1.82, 2.24) is 5.32 Å². The van der Waals surface area contributed by atoms with Crippen molar-refractivity contribution in [2.45, 2.75) is 24.3 Å². The molecule has 1 atom stereocenters. The molecular formula is C19H22N2O3S. The third-order valence-electron chi connectivity index (χ3n) is 3.93. The second-order valence-corrected chi connectivity index (χ2v) is 6.53. The van der Waals surface area contributed by atoms with Crippen LogP contribution >= 0.6 is 11.8 Å². The van der Waals surface area contributed by atoms with E-state index in [0.717, 1.165) is 16.0 Å². The van der Waals surface area contributed by atoms with Gasteiger partial charge in [0.05, 0.1) is 19.6 Å². The van der Waals surface area contributed by atoms with E-state index in [0.29, 0.717) is 11.3 Å². The first-order valence-corrected chi connectivity index (χ1v) is 9.04. The molecule has 1 amide bonds. The number of ether oxygens (including phenoxy) is 1. The van der Waals surface area contributed by atoms with E-state index in [1.54, 1.807) is 30.0 Å². The Labute approximate surface area is 151 Å². The van der Waals surface area contributed by atoms with Crippen LogP contribution in [-0.4, -0.2) is 25.2 Å². The minimum atomic E-state index is -0.475. The number of anilines is 1. The molecule has 0 saturated heterocycles. The van der Waals surface area contributed by atoms with Gasteiger partial charge in [-0.2, -0.15) is 0 Å². The standard InChI is InChI=1S/C19H22N2O3S/c1-12-4-7-14(20)10-16(12)19(23)21-17(11-18(22)24-2)13-5-8-15(25-3)9-6-13/h4-10,17H,11,20H2,1-3H3,(H,21,23). The minimum Gasteiger partial charge on any atom is -0.469 e. The summed E-state index contributed by atoms with van der Waals surface area (Å²) in [5, 5.41) is 2.92. The summed E-state index contributed by atoms with van der Waals surface area (Å²) in [7, 11) is 1.33. The topological polar surface area (TPSA) is 81.4 Å². The van der Waals surface area contributed by atoms with Crippen molar-refractivity contribution in [3.8, 4) is 0 Å². The van der Waals surface area contributed by atoms with E-state index in [4.69, 9.17) is 10.5 Å². The van der Waals surface area contributed by atoms with Gasteiger partial charge in [0.1, 0.15) is 0 Å². The van der Waals surface area contributed by atoms with Gasteiger partial charge in [-0.25, -0.2) is 0 Å². The second-order valence-electron chi connectivity index (χ2n) is 5.65. The SMILES string of the molecule is COC(=O)CC(NC(=O)c1cc(N)ccc1C)c1ccc(SC)cc1. The Morgan fingerprint density at radius 3 is 2.48 bits per heavy atom. The molecule has 0 radical (unpaired) electrons. The molecule has 0 spiro atoms. The van der Waals surface area contributed by atoms with Crippen LogP contribution in [0.2, 0.25) is 0 Å². The number of methoxy groups -OCH3 is 1. The molecule has 0 aliphatic carbocycles. The lowest BCUT2D eigenvalue weighted by atomic mass is 10.0. The first-order chi connectivity index (χ1) is 11.9. The molecule has 0 aromatic heterocycles. The highest BCUT2D eigenvalue weighted by Crippen LogP contribution is 2.23. The summed E-state index contributed by atoms with van der Waals surface area (Å²) in [4.78, 5) is 25.5. The maximum absolute atomic E-state index is 12.7. The summed E-state index contributed by atoms with van der Waals surface area (Å²) in [5.41, 5.74) is 8.47. The predicted octanol–water partition coefficient (Wildman–Crippen LogP) is 3.33. The number of hydrogen-bond acceptors (Lipinski definition) is 5. The summed E-state index contributed by atoms with van der Waals surface area (Å²) in [5.74, 6) is -0.656. The summed E-state index contributed by atoms with van der Waals surface area (Å²) in [6, 6.07) is 12.4. The number of carbonyl (C=O) groups excluding carboxylic acids is 2. The molecule has 0 fully saturated rings. The van der Waals surface area contributed by atoms with Crippen LogP contribution < -0.4 is 11.1 Å². The summed E-state index contributed by atoms with van der Waals surface area (Å²) < 4.78 is 4.76. The van der Waals surface area contributed by atoms with E-state index in [1.165, 1.54) is 7.11 Å². The van der Waals surface area contributed by atoms with Crippen LogP contribution in [0.5, 0.6) is 0 Å². The number of benzene rings is 2. The van der Waals surface area contributed by atoms with Gasteiger partial charge in [-0.05, 0) is 48.6 Å². The number of nitrogens with two attached hydrogens (primary N) is 1. The van der Waals surface area contributed by atoms with E-state index in [2.05, 4.69) is 5.32 Å². The molecule has 6 heteroatoms. The predicted molar refractivity (Wildman–Crippen MR) is 101 cm³/mol. The number of amides is 1. The maximum Gasteiger partial charge on any atom is 0.307 e. The van der Waals surface area contributed by atoms with Crippen LogP contribution in [0.25, 0.3) is 0 Å². The third-order valence-corrected chi connectivity index (χ3v) is 4.67. The van der Waals surface area contributed by atoms with E-state index in [-0.39, 0.29) is 18.3 Å². The van der Waals surface area contributed by atoms with Gasteiger partial charge in [0.15, 0.2) is 0 Å². The Hall–Kier alpha value is -2.47. The Bertz CT molecular complexity index is 760. The van der Waals surface area contributed by atoms with Crippen LogP contribution in [0, 0.1) is 6.92 Å². The van der Waals surface area contributed by atoms with Gasteiger partial charge in [0, 0.05) is 16.1 Å². The fourth-order valence-corrected chi connectivity index (χ4v) is 2.87. The molecule has 5 nitrogen and oxygen atoms in total. The lowest BCUT2D eigenvalue weighted by Crippen LogP contribution is -2.31. The Morgan fingerprint density at radius 2 is 1.88 bits per heavy atom. The molecule has 0 aliphatic heterocycles. The van der Waals surface area contributed by atoms with Crippen LogP contribution in [0.4, 0.5) is 5.69 Å². The highest BCUT2D eigenvalue weighted by atomic mass is 32.2. The lowest BCUT2D eigenvalue weighted by Gasteiger charge is -2.19. The zero-order chi connectivity index (χ0) is 18.4. The average Bonchev–Trinajstić information content (AvgIpc) is 2.63. The zero-order valence-corrected chi connectivity index (χ0v) is 15.4. The largest absolute Gasteiger partial charge is 0.469 e. The van der Waals surface area contributed by atoms with Crippen molar-refractivity contribution in [2.75, 3.05) is 19.1 Å². The number of nitrogens with one attached hydrogen (secondary N) is 1. The quantitative estimate of drug-likeness (QED) is 0.470. The van der Waals surface area contributed by atoms with Gasteiger partial charge >= 0.3 is 5.97 Å². The van der Waals surface area contributed by atoms with Gasteiger partial charge in [-0.1, -0.05) is 18.2 Å². The fourth-order valence-electron chi connectivity index (χ4n) is 2.46. The lowest BCUT2D eigenvalue weighted by molar-refractivity contribution is -0.141. The zero-order valence-electron chi connectivity index (χ0n) is 14.5. The second kappa shape index (κ2) is 8.58. The number of thioether (sulfide) groups is 1. The van der Waals surface area contributed by atoms with Gasteiger partial charge < -0.3 is 15.8 Å². The molecule has 0 bridgehead atoms. The maximum atomic E-state index is 12.7. The Balaban J connectivity index is 2.27. The highest BCUT2D eigenvalue weighted by Gasteiger charge is 2.20. The van der Waals surface area contributed by atoms with E-state index in [9.17, 15) is 9.59 Å². The van der Waals surface area contributed by atoms with Crippen molar-refractivity contribution in [3.05, 3.63) is 59.2 Å². The van der Waals surface area contributed by atoms with Crippen LogP contribution in [-0.2, 0) is 9.53 Å². The summed E-state index contributed by atoms with van der Waals surface area (Å²) >= 11 is 1.63. The molecule has 2 aromatic rings. The Morgan fingerprint density at radius 1 is 1.20 bits per heavy atom. The monoisotopic (exact) mass is 358 g/mol. The third kappa shape index (κ3) is 5.00. The first-order valence-electron chi connectivity index (χ1n) is 7.82. The van der Waals surface area contributed by atoms with Crippen LogP contribution in [0.1, 0.15) is 33.9 Å². The number of hydrogen-bond donors (Lipinski definition) is 2. The van der Waals surface area contributed by atoms with Crippen molar-refractivity contribution >= 4 is 29.3 Å². The smallest absolute Gasteiger partial charge is 0.307 e. The summed E-state index contributed by atoms with van der Waals surface area (Å²) in [6.45, 7) is 1.84. The number of rotatable bonds is 6. The normalized spacial score (nSPS) is 11.6. The van der Waals surface area contributed by atoms with Crippen molar-refractivity contribution in [1.29, 1.82) is 0 Å². The number of aryl methyl sites for hydroxylation is 1. The molecule has 0 heterocycles. The highest BCUT2D eigenvalue weighted by molar-refractivity contribution is 7.98. The van der Waals surface area contributed by atoms with Crippen molar-refractivity contribution in [2.24, 2.45) is 0 Å². The fraction of sp³-hybridized carbons (Fsp3) is 0.263. The number of nitrogen functional groups attached to an aromatic ring is 1. The van der Waals surface area contributed by atoms with E-state index >= 15 is 0 Å². The van der Waals surface area contributed by atoms with Gasteiger partial charge in [0.25, 0.3) is 5.91 Å². The molecule has 25 heavy (non-hydrogen) atoms. The summed E-state index contributed by atoms with van der Waals surface area (Å²) in [6.07, 6.45) is 2.05. The van der Waals surface area contributed by atoms with Gasteiger partial charge in [0.2, 0.25) is 0 Å². The molecule has 2 rings (SSSR count). The molecule has 3 N–H and O–H groups in total. The molecular weight excluding hydrogens is 336 g/mol. The molecule has 0 saturated carbocycles. The molecule has 0 aliphatic rings. The number of carbonyl (C=O) groups is 2. The van der Waals surface area contributed by atoms with Gasteiger partial charge in [-0.3, -0.25) is 9.59 Å². The first kappa shape index (κ1) is 18.9. The van der Waals surface area contributed by atoms with Crippen molar-refractivity contribution in [3.63, 3.8) is 0 Å². The Kier molecular flexibility index (Phi) is 6.47. The molecule has 2 aromatic carbocycles.